The summed E-state index contributed by atoms with van der Waals surface area (Å²) in [6.45, 7) is 2.65. The molecular formula is C22H19Br2NO. The Morgan fingerprint density at radius 2 is 1.65 bits per heavy atom. The van der Waals surface area contributed by atoms with Crippen LogP contribution in [0.2, 0.25) is 0 Å². The lowest BCUT2D eigenvalue weighted by atomic mass is 10.1. The number of nitrogens with zero attached hydrogens (tertiary/aromatic N) is 1. The zero-order valence-electron chi connectivity index (χ0n) is 14.5. The zero-order valence-corrected chi connectivity index (χ0v) is 17.6. The second-order valence-corrected chi connectivity index (χ2v) is 7.63. The number of ether oxygens (including phenoxy) is 1. The van der Waals surface area contributed by atoms with E-state index in [1.165, 1.54) is 5.56 Å². The van der Waals surface area contributed by atoms with Crippen LogP contribution in [0.5, 0.6) is 5.75 Å². The third-order valence-electron chi connectivity index (χ3n) is 3.96. The molecule has 3 aromatic carbocycles. The SMILES string of the molecule is CCc1ccc(N=Cc2cc(Br)cc(Br)c2OCc2ccccc2)cc1. The van der Waals surface area contributed by atoms with Gasteiger partial charge in [-0.15, -0.1) is 0 Å². The van der Waals surface area contributed by atoms with Crippen molar-refractivity contribution >= 4 is 43.8 Å². The molecule has 0 saturated carbocycles. The van der Waals surface area contributed by atoms with Gasteiger partial charge in [-0.25, -0.2) is 0 Å². The van der Waals surface area contributed by atoms with Gasteiger partial charge < -0.3 is 4.74 Å². The number of hydrogen-bond donors (Lipinski definition) is 0. The van der Waals surface area contributed by atoms with E-state index >= 15 is 0 Å². The molecule has 4 heteroatoms. The first-order chi connectivity index (χ1) is 12.7. The average Bonchev–Trinajstić information content (AvgIpc) is 2.66. The van der Waals surface area contributed by atoms with E-state index in [0.717, 1.165) is 37.9 Å². The van der Waals surface area contributed by atoms with Crippen molar-refractivity contribution < 1.29 is 4.74 Å². The van der Waals surface area contributed by atoms with Crippen molar-refractivity contribution in [2.45, 2.75) is 20.0 Å². The van der Waals surface area contributed by atoms with Gasteiger partial charge in [-0.3, -0.25) is 4.99 Å². The van der Waals surface area contributed by atoms with E-state index in [-0.39, 0.29) is 0 Å². The van der Waals surface area contributed by atoms with Gasteiger partial charge >= 0.3 is 0 Å². The van der Waals surface area contributed by atoms with E-state index in [1.807, 2.05) is 48.7 Å². The van der Waals surface area contributed by atoms with Crippen LogP contribution in [0.15, 0.2) is 80.7 Å². The highest BCUT2D eigenvalue weighted by atomic mass is 79.9. The molecule has 0 bridgehead atoms. The number of hydrogen-bond acceptors (Lipinski definition) is 2. The maximum atomic E-state index is 6.07. The summed E-state index contributed by atoms with van der Waals surface area (Å²) in [6, 6.07) is 22.4. The van der Waals surface area contributed by atoms with E-state index in [9.17, 15) is 0 Å². The van der Waals surface area contributed by atoms with Gasteiger partial charge in [0.2, 0.25) is 0 Å². The summed E-state index contributed by atoms with van der Waals surface area (Å²) in [5.41, 5.74) is 4.27. The zero-order chi connectivity index (χ0) is 18.4. The summed E-state index contributed by atoms with van der Waals surface area (Å²) < 4.78 is 7.94. The fourth-order valence-electron chi connectivity index (χ4n) is 2.52. The van der Waals surface area contributed by atoms with Crippen LogP contribution in [0.1, 0.15) is 23.6 Å². The van der Waals surface area contributed by atoms with Gasteiger partial charge in [0.1, 0.15) is 12.4 Å². The van der Waals surface area contributed by atoms with Gasteiger partial charge in [-0.05, 0) is 57.7 Å². The summed E-state index contributed by atoms with van der Waals surface area (Å²) in [5, 5.41) is 0. The highest BCUT2D eigenvalue weighted by molar-refractivity contribution is 9.11. The van der Waals surface area contributed by atoms with Crippen molar-refractivity contribution in [3.8, 4) is 5.75 Å². The van der Waals surface area contributed by atoms with Crippen LogP contribution in [0.25, 0.3) is 0 Å². The molecule has 0 aliphatic rings. The first-order valence-electron chi connectivity index (χ1n) is 8.44. The monoisotopic (exact) mass is 471 g/mol. The Morgan fingerprint density at radius 3 is 2.35 bits per heavy atom. The highest BCUT2D eigenvalue weighted by Crippen LogP contribution is 2.33. The van der Waals surface area contributed by atoms with Gasteiger partial charge in [0.15, 0.2) is 0 Å². The van der Waals surface area contributed by atoms with Crippen LogP contribution in [0.3, 0.4) is 0 Å². The van der Waals surface area contributed by atoms with Crippen molar-refractivity contribution in [3.05, 3.63) is 92.4 Å². The highest BCUT2D eigenvalue weighted by Gasteiger charge is 2.09. The van der Waals surface area contributed by atoms with Crippen LogP contribution in [0, 0.1) is 0 Å². The van der Waals surface area contributed by atoms with Crippen LogP contribution in [0.4, 0.5) is 5.69 Å². The Morgan fingerprint density at radius 1 is 0.923 bits per heavy atom. The molecule has 0 unspecified atom stereocenters. The predicted octanol–water partition coefficient (Wildman–Crippen LogP) is 7.10. The summed E-state index contributed by atoms with van der Waals surface area (Å²) >= 11 is 7.14. The van der Waals surface area contributed by atoms with Crippen molar-refractivity contribution in [1.29, 1.82) is 0 Å². The van der Waals surface area contributed by atoms with E-state index in [1.54, 1.807) is 0 Å². The number of rotatable bonds is 6. The normalized spacial score (nSPS) is 11.0. The number of aliphatic imine (C=N–C) groups is 1. The first-order valence-corrected chi connectivity index (χ1v) is 10.0. The molecule has 0 spiro atoms. The van der Waals surface area contributed by atoms with Crippen LogP contribution < -0.4 is 4.74 Å². The van der Waals surface area contributed by atoms with Gasteiger partial charge in [-0.1, -0.05) is 65.3 Å². The number of halogens is 2. The molecular weight excluding hydrogens is 454 g/mol. The van der Waals surface area contributed by atoms with Gasteiger partial charge in [0, 0.05) is 16.3 Å². The summed E-state index contributed by atoms with van der Waals surface area (Å²) in [4.78, 5) is 4.60. The number of aryl methyl sites for hydroxylation is 1. The van der Waals surface area contributed by atoms with E-state index < -0.39 is 0 Å². The maximum absolute atomic E-state index is 6.07. The molecule has 3 rings (SSSR count). The largest absolute Gasteiger partial charge is 0.487 e. The minimum Gasteiger partial charge on any atom is -0.487 e. The molecule has 3 aromatic rings. The van der Waals surface area contributed by atoms with Crippen molar-refractivity contribution in [3.63, 3.8) is 0 Å². The molecule has 0 N–H and O–H groups in total. The molecule has 0 aliphatic heterocycles. The summed E-state index contributed by atoms with van der Waals surface area (Å²) in [6.07, 6.45) is 2.87. The maximum Gasteiger partial charge on any atom is 0.142 e. The topological polar surface area (TPSA) is 21.6 Å². The van der Waals surface area contributed by atoms with E-state index in [0.29, 0.717) is 6.61 Å². The average molecular weight is 473 g/mol. The standard InChI is InChI=1S/C22H19Br2NO/c1-2-16-8-10-20(11-9-16)25-14-18-12-19(23)13-21(24)22(18)26-15-17-6-4-3-5-7-17/h3-14H,2,15H2,1H3. The summed E-state index contributed by atoms with van der Waals surface area (Å²) in [7, 11) is 0. The Bertz CT molecular complexity index is 890. The van der Waals surface area contributed by atoms with Gasteiger partial charge in [0.25, 0.3) is 0 Å². The minimum absolute atomic E-state index is 0.507. The quantitative estimate of drug-likeness (QED) is 0.350. The lowest BCUT2D eigenvalue weighted by molar-refractivity contribution is 0.304. The third-order valence-corrected chi connectivity index (χ3v) is 5.01. The molecule has 0 atom stereocenters. The lowest BCUT2D eigenvalue weighted by Crippen LogP contribution is -1.99. The Hall–Kier alpha value is -1.91. The van der Waals surface area contributed by atoms with E-state index in [2.05, 4.69) is 68.0 Å². The molecule has 0 fully saturated rings. The third kappa shape index (κ3) is 5.05. The van der Waals surface area contributed by atoms with Crippen LogP contribution in [-0.4, -0.2) is 6.21 Å². The molecule has 132 valence electrons. The molecule has 0 aromatic heterocycles. The van der Waals surface area contributed by atoms with Crippen molar-refractivity contribution in [2.75, 3.05) is 0 Å². The number of benzene rings is 3. The Balaban J connectivity index is 1.83. The Kier molecular flexibility index (Phi) is 6.64. The smallest absolute Gasteiger partial charge is 0.142 e. The van der Waals surface area contributed by atoms with Crippen molar-refractivity contribution in [2.24, 2.45) is 4.99 Å². The van der Waals surface area contributed by atoms with Crippen LogP contribution >= 0.6 is 31.9 Å². The Labute approximate surface area is 171 Å². The second kappa shape index (κ2) is 9.15. The van der Waals surface area contributed by atoms with Gasteiger partial charge in [-0.2, -0.15) is 0 Å². The summed E-state index contributed by atoms with van der Waals surface area (Å²) in [5.74, 6) is 0.783. The fraction of sp³-hybridized carbons (Fsp3) is 0.136. The molecule has 0 radical (unpaired) electrons. The first kappa shape index (κ1) is 18.9. The van der Waals surface area contributed by atoms with Crippen molar-refractivity contribution in [1.82, 2.24) is 0 Å². The second-order valence-electron chi connectivity index (χ2n) is 5.86. The minimum atomic E-state index is 0.507. The molecule has 0 heterocycles. The fourth-order valence-corrected chi connectivity index (χ4v) is 3.89. The molecule has 0 aliphatic carbocycles. The van der Waals surface area contributed by atoms with Gasteiger partial charge in [0.05, 0.1) is 10.2 Å². The lowest BCUT2D eigenvalue weighted by Gasteiger charge is -2.12. The molecule has 2 nitrogen and oxygen atoms in total. The molecule has 0 amide bonds. The molecule has 0 saturated heterocycles. The van der Waals surface area contributed by atoms with Crippen LogP contribution in [-0.2, 0) is 13.0 Å². The predicted molar refractivity (Wildman–Crippen MR) is 116 cm³/mol. The molecule has 26 heavy (non-hydrogen) atoms. The van der Waals surface area contributed by atoms with E-state index in [4.69, 9.17) is 4.74 Å².